The topological polar surface area (TPSA) is 66.7 Å². The number of piperidine rings is 1. The molecule has 3 aromatic rings. The van der Waals surface area contributed by atoms with Gasteiger partial charge in [-0.15, -0.1) is 0 Å². The predicted molar refractivity (Wildman–Crippen MR) is 129 cm³/mol. The maximum Gasteiger partial charge on any atom is 0.254 e. The zero-order valence-electron chi connectivity index (χ0n) is 19.5. The Morgan fingerprint density at radius 3 is 2.52 bits per heavy atom. The number of hydrogen-bond donors (Lipinski definition) is 0. The number of aryl methyl sites for hydroxylation is 2. The second kappa shape index (κ2) is 10.3. The van der Waals surface area contributed by atoms with Gasteiger partial charge in [-0.3, -0.25) is 9.59 Å². The van der Waals surface area contributed by atoms with Crippen LogP contribution in [-0.4, -0.2) is 52.9 Å². The lowest BCUT2D eigenvalue weighted by Gasteiger charge is -2.40. The molecule has 2 aromatic heterocycles. The molecule has 1 aromatic carbocycles. The summed E-state index contributed by atoms with van der Waals surface area (Å²) in [5, 5.41) is 7.82. The van der Waals surface area contributed by atoms with Crippen LogP contribution in [0.1, 0.15) is 45.8 Å². The molecule has 0 unspecified atom stereocenters. The Morgan fingerprint density at radius 1 is 1.18 bits per heavy atom. The predicted octanol–water partition coefficient (Wildman–Crippen LogP) is 4.52. The van der Waals surface area contributed by atoms with Crippen LogP contribution in [0.25, 0.3) is 0 Å². The van der Waals surface area contributed by atoms with Gasteiger partial charge in [0.2, 0.25) is 5.91 Å². The number of benzene rings is 1. The van der Waals surface area contributed by atoms with Crippen LogP contribution in [0.2, 0.25) is 0 Å². The summed E-state index contributed by atoms with van der Waals surface area (Å²) in [7, 11) is 1.92. The summed E-state index contributed by atoms with van der Waals surface area (Å²) in [5.74, 6) is 1.23. The van der Waals surface area contributed by atoms with Crippen LogP contribution in [-0.2, 0) is 17.6 Å². The molecule has 2 amide bonds. The van der Waals surface area contributed by atoms with E-state index in [0.29, 0.717) is 31.2 Å². The van der Waals surface area contributed by atoms with Crippen molar-refractivity contribution < 1.29 is 14.1 Å². The van der Waals surface area contributed by atoms with E-state index in [-0.39, 0.29) is 17.9 Å². The Kier molecular flexibility index (Phi) is 7.28. The fourth-order valence-corrected chi connectivity index (χ4v) is 5.40. The summed E-state index contributed by atoms with van der Waals surface area (Å²) in [4.78, 5) is 29.9. The number of likely N-dealkylation sites (tertiary alicyclic amines) is 1. The SMILES string of the molecule is Cc1noc(C)c1CC(=O)N1CCC([C@H](Cc2ccccc2)N(C)C(=O)c2ccsc2)CC1. The first-order valence-electron chi connectivity index (χ1n) is 11.5. The molecule has 0 aliphatic carbocycles. The van der Waals surface area contributed by atoms with Gasteiger partial charge in [-0.05, 0) is 56.0 Å². The Bertz CT molecular complexity index is 1050. The fraction of sp³-hybridized carbons (Fsp3) is 0.423. The highest BCUT2D eigenvalue weighted by molar-refractivity contribution is 7.08. The molecule has 1 aliphatic rings. The van der Waals surface area contributed by atoms with Crippen LogP contribution in [0, 0.1) is 19.8 Å². The molecule has 4 rings (SSSR count). The number of likely N-dealkylation sites (N-methyl/N-ethyl adjacent to an activating group) is 1. The van der Waals surface area contributed by atoms with E-state index < -0.39 is 0 Å². The van der Waals surface area contributed by atoms with Gasteiger partial charge < -0.3 is 14.3 Å². The Morgan fingerprint density at radius 2 is 1.91 bits per heavy atom. The summed E-state index contributed by atoms with van der Waals surface area (Å²) in [6.45, 7) is 5.14. The van der Waals surface area contributed by atoms with E-state index in [1.54, 1.807) is 11.3 Å². The lowest BCUT2D eigenvalue weighted by atomic mass is 9.84. The summed E-state index contributed by atoms with van der Waals surface area (Å²) < 4.78 is 5.21. The number of aromatic nitrogens is 1. The zero-order valence-corrected chi connectivity index (χ0v) is 20.3. The lowest BCUT2D eigenvalue weighted by Crippen LogP contribution is -2.48. The number of amides is 2. The van der Waals surface area contributed by atoms with Gasteiger partial charge >= 0.3 is 0 Å². The lowest BCUT2D eigenvalue weighted by molar-refractivity contribution is -0.132. The third-order valence-corrected chi connectivity index (χ3v) is 7.50. The second-order valence-corrected chi connectivity index (χ2v) is 9.66. The molecule has 1 aliphatic heterocycles. The van der Waals surface area contributed by atoms with E-state index in [4.69, 9.17) is 4.52 Å². The van der Waals surface area contributed by atoms with Crippen molar-refractivity contribution in [3.63, 3.8) is 0 Å². The molecule has 0 N–H and O–H groups in total. The monoisotopic (exact) mass is 465 g/mol. The zero-order chi connectivity index (χ0) is 23.4. The third kappa shape index (κ3) is 5.36. The van der Waals surface area contributed by atoms with E-state index in [0.717, 1.165) is 36.1 Å². The summed E-state index contributed by atoms with van der Waals surface area (Å²) in [6, 6.07) is 12.3. The molecule has 3 heterocycles. The first kappa shape index (κ1) is 23.2. The van der Waals surface area contributed by atoms with Gasteiger partial charge in [0.05, 0.1) is 17.7 Å². The average Bonchev–Trinajstić information content (AvgIpc) is 3.49. The van der Waals surface area contributed by atoms with Crippen LogP contribution in [0.15, 0.2) is 51.7 Å². The molecule has 0 saturated carbocycles. The molecule has 7 heteroatoms. The summed E-state index contributed by atoms with van der Waals surface area (Å²) in [6.07, 6.45) is 2.90. The van der Waals surface area contributed by atoms with Crippen molar-refractivity contribution in [2.75, 3.05) is 20.1 Å². The van der Waals surface area contributed by atoms with E-state index >= 15 is 0 Å². The van der Waals surface area contributed by atoms with Crippen LogP contribution in [0.4, 0.5) is 0 Å². The fourth-order valence-electron chi connectivity index (χ4n) is 4.77. The first-order valence-corrected chi connectivity index (χ1v) is 12.4. The van der Waals surface area contributed by atoms with Crippen LogP contribution >= 0.6 is 11.3 Å². The van der Waals surface area contributed by atoms with Crippen LogP contribution in [0.5, 0.6) is 0 Å². The number of rotatable bonds is 7. The molecular formula is C26H31N3O3S. The van der Waals surface area contributed by atoms with Crippen molar-refractivity contribution in [1.82, 2.24) is 15.0 Å². The molecule has 6 nitrogen and oxygen atoms in total. The number of carbonyl (C=O) groups is 2. The van der Waals surface area contributed by atoms with Gasteiger partial charge in [-0.1, -0.05) is 35.5 Å². The number of hydrogen-bond acceptors (Lipinski definition) is 5. The highest BCUT2D eigenvalue weighted by Crippen LogP contribution is 2.28. The van der Waals surface area contributed by atoms with Gasteiger partial charge in [0.15, 0.2) is 0 Å². The Labute approximate surface area is 199 Å². The van der Waals surface area contributed by atoms with Gasteiger partial charge in [0, 0.05) is 37.1 Å². The molecule has 1 saturated heterocycles. The van der Waals surface area contributed by atoms with Gasteiger partial charge in [0.1, 0.15) is 5.76 Å². The minimum absolute atomic E-state index is 0.0640. The average molecular weight is 466 g/mol. The van der Waals surface area contributed by atoms with Crippen molar-refractivity contribution >= 4 is 23.2 Å². The summed E-state index contributed by atoms with van der Waals surface area (Å²) >= 11 is 1.54. The number of carbonyl (C=O) groups excluding carboxylic acids is 2. The van der Waals surface area contributed by atoms with Gasteiger partial charge in [0.25, 0.3) is 5.91 Å². The van der Waals surface area contributed by atoms with E-state index in [2.05, 4.69) is 17.3 Å². The minimum atomic E-state index is 0.0640. The normalized spacial score (nSPS) is 15.4. The van der Waals surface area contributed by atoms with E-state index in [9.17, 15) is 9.59 Å². The highest BCUT2D eigenvalue weighted by atomic mass is 32.1. The smallest absolute Gasteiger partial charge is 0.254 e. The summed E-state index contributed by atoms with van der Waals surface area (Å²) in [5.41, 5.74) is 3.65. The first-order chi connectivity index (χ1) is 15.9. The third-order valence-electron chi connectivity index (χ3n) is 6.82. The minimum Gasteiger partial charge on any atom is -0.361 e. The molecule has 1 atom stereocenters. The molecule has 33 heavy (non-hydrogen) atoms. The van der Waals surface area contributed by atoms with Crippen LogP contribution < -0.4 is 0 Å². The highest BCUT2D eigenvalue weighted by Gasteiger charge is 2.33. The molecule has 0 bridgehead atoms. The van der Waals surface area contributed by atoms with Gasteiger partial charge in [-0.2, -0.15) is 11.3 Å². The van der Waals surface area contributed by atoms with Crippen molar-refractivity contribution in [3.8, 4) is 0 Å². The molecule has 0 radical (unpaired) electrons. The Balaban J connectivity index is 1.44. The number of nitrogens with zero attached hydrogens (tertiary/aromatic N) is 3. The standard InChI is InChI=1S/C26H31N3O3S/c1-18-23(19(2)32-27-18)16-25(30)29-12-9-21(10-13-29)24(15-20-7-5-4-6-8-20)28(3)26(31)22-11-14-33-17-22/h4-8,11,14,17,21,24H,9-10,12-13,15-16H2,1-3H3/t24-/m0/s1. The van der Waals surface area contributed by atoms with Gasteiger partial charge in [-0.25, -0.2) is 0 Å². The van der Waals surface area contributed by atoms with Crippen molar-refractivity contribution in [1.29, 1.82) is 0 Å². The molecular weight excluding hydrogens is 434 g/mol. The van der Waals surface area contributed by atoms with Crippen molar-refractivity contribution in [2.24, 2.45) is 5.92 Å². The maximum absolute atomic E-state index is 13.1. The largest absolute Gasteiger partial charge is 0.361 e. The quantitative estimate of drug-likeness (QED) is 0.515. The molecule has 174 valence electrons. The molecule has 1 fully saturated rings. The second-order valence-electron chi connectivity index (χ2n) is 8.88. The van der Waals surface area contributed by atoms with E-state index in [1.165, 1.54) is 5.56 Å². The number of thiophene rings is 1. The Hall–Kier alpha value is -2.93. The van der Waals surface area contributed by atoms with Crippen molar-refractivity contribution in [2.45, 2.75) is 45.6 Å². The molecule has 0 spiro atoms. The van der Waals surface area contributed by atoms with Crippen molar-refractivity contribution in [3.05, 3.63) is 75.3 Å². The maximum atomic E-state index is 13.1. The van der Waals surface area contributed by atoms with Crippen LogP contribution in [0.3, 0.4) is 0 Å². The van der Waals surface area contributed by atoms with E-state index in [1.807, 2.05) is 65.7 Å².